The number of hydrogen-bond acceptors (Lipinski definition) is 4. The average Bonchev–Trinajstić information content (AvgIpc) is 2.28. The van der Waals surface area contributed by atoms with Gasteiger partial charge in [-0.2, -0.15) is 0 Å². The number of methoxy groups -OCH3 is 2. The molecule has 0 aliphatic carbocycles. The lowest BCUT2D eigenvalue weighted by atomic mass is 10.3. The Morgan fingerprint density at radius 1 is 1.12 bits per heavy atom. The van der Waals surface area contributed by atoms with Crippen molar-refractivity contribution < 1.29 is 9.47 Å². The summed E-state index contributed by atoms with van der Waals surface area (Å²) in [6.45, 7) is 10.1. The third kappa shape index (κ3) is 8.05. The van der Waals surface area contributed by atoms with E-state index in [0.29, 0.717) is 6.04 Å². The van der Waals surface area contributed by atoms with Crippen LogP contribution in [0.5, 0.6) is 0 Å². The van der Waals surface area contributed by atoms with E-state index >= 15 is 0 Å². The van der Waals surface area contributed by atoms with Crippen LogP contribution in [0.25, 0.3) is 0 Å². The monoisotopic (exact) mass is 232 g/mol. The Morgan fingerprint density at radius 3 is 2.44 bits per heavy atom. The van der Waals surface area contributed by atoms with E-state index in [-0.39, 0.29) is 0 Å². The Bertz CT molecular complexity index is 145. The highest BCUT2D eigenvalue weighted by Gasteiger charge is 2.12. The van der Waals surface area contributed by atoms with Crippen LogP contribution in [0.3, 0.4) is 0 Å². The predicted octanol–water partition coefficient (Wildman–Crippen LogP) is 0.969. The zero-order chi connectivity index (χ0) is 12.2. The van der Waals surface area contributed by atoms with Crippen molar-refractivity contribution in [2.75, 3.05) is 53.6 Å². The standard InChI is InChI=1S/C12H28N2O2/c1-5-6-13-7-8-14(9-10-15-3)12(2)11-16-4/h12-13H,5-11H2,1-4H3. The molecule has 0 saturated heterocycles. The second-order valence-corrected chi connectivity index (χ2v) is 4.08. The van der Waals surface area contributed by atoms with Crippen molar-refractivity contribution in [1.29, 1.82) is 0 Å². The van der Waals surface area contributed by atoms with Crippen LogP contribution in [-0.4, -0.2) is 64.6 Å². The van der Waals surface area contributed by atoms with Crippen LogP contribution in [-0.2, 0) is 9.47 Å². The van der Waals surface area contributed by atoms with Crippen LogP contribution in [0.1, 0.15) is 20.3 Å². The SMILES string of the molecule is CCCNCCN(CCOC)C(C)COC. The second kappa shape index (κ2) is 11.3. The maximum absolute atomic E-state index is 5.19. The Balaban J connectivity index is 3.79. The maximum atomic E-state index is 5.19. The summed E-state index contributed by atoms with van der Waals surface area (Å²) in [4.78, 5) is 2.40. The summed E-state index contributed by atoms with van der Waals surface area (Å²) in [7, 11) is 3.49. The summed E-state index contributed by atoms with van der Waals surface area (Å²) in [6.07, 6.45) is 1.19. The molecule has 1 N–H and O–H groups in total. The predicted molar refractivity (Wildman–Crippen MR) is 67.9 cm³/mol. The minimum atomic E-state index is 0.448. The van der Waals surface area contributed by atoms with E-state index in [1.165, 1.54) is 6.42 Å². The molecule has 0 bridgehead atoms. The van der Waals surface area contributed by atoms with Crippen molar-refractivity contribution >= 4 is 0 Å². The van der Waals surface area contributed by atoms with Crippen LogP contribution < -0.4 is 5.32 Å². The molecule has 0 fully saturated rings. The summed E-state index contributed by atoms with van der Waals surface area (Å²) in [5, 5.41) is 3.42. The Kier molecular flexibility index (Phi) is 11.2. The lowest BCUT2D eigenvalue weighted by Crippen LogP contribution is -2.42. The summed E-state index contributed by atoms with van der Waals surface area (Å²) < 4.78 is 10.3. The van der Waals surface area contributed by atoms with Gasteiger partial charge in [-0.05, 0) is 19.9 Å². The minimum Gasteiger partial charge on any atom is -0.383 e. The zero-order valence-electron chi connectivity index (χ0n) is 11.3. The molecule has 0 aromatic heterocycles. The van der Waals surface area contributed by atoms with Gasteiger partial charge >= 0.3 is 0 Å². The first-order valence-corrected chi connectivity index (χ1v) is 6.18. The van der Waals surface area contributed by atoms with E-state index in [1.54, 1.807) is 14.2 Å². The molecule has 4 nitrogen and oxygen atoms in total. The summed E-state index contributed by atoms with van der Waals surface area (Å²) in [6, 6.07) is 0.448. The molecule has 1 atom stereocenters. The molecule has 0 spiro atoms. The molecule has 0 aromatic carbocycles. The topological polar surface area (TPSA) is 33.7 Å². The van der Waals surface area contributed by atoms with Gasteiger partial charge < -0.3 is 14.8 Å². The number of nitrogens with zero attached hydrogens (tertiary/aromatic N) is 1. The van der Waals surface area contributed by atoms with Gasteiger partial charge in [0.25, 0.3) is 0 Å². The highest BCUT2D eigenvalue weighted by atomic mass is 16.5. The minimum absolute atomic E-state index is 0.448. The molecular weight excluding hydrogens is 204 g/mol. The molecule has 0 aromatic rings. The van der Waals surface area contributed by atoms with Crippen LogP contribution in [0.4, 0.5) is 0 Å². The number of nitrogens with one attached hydrogen (secondary N) is 1. The van der Waals surface area contributed by atoms with Gasteiger partial charge in [0.1, 0.15) is 0 Å². The molecule has 0 heterocycles. The molecule has 98 valence electrons. The fraction of sp³-hybridized carbons (Fsp3) is 1.00. The lowest BCUT2D eigenvalue weighted by molar-refractivity contribution is 0.0757. The third-order valence-corrected chi connectivity index (χ3v) is 2.62. The van der Waals surface area contributed by atoms with Crippen molar-refractivity contribution in [1.82, 2.24) is 10.2 Å². The van der Waals surface area contributed by atoms with Crippen molar-refractivity contribution in [3.05, 3.63) is 0 Å². The molecule has 1 unspecified atom stereocenters. The van der Waals surface area contributed by atoms with Crippen molar-refractivity contribution in [2.24, 2.45) is 0 Å². The maximum Gasteiger partial charge on any atom is 0.0615 e. The molecule has 16 heavy (non-hydrogen) atoms. The smallest absolute Gasteiger partial charge is 0.0615 e. The first-order chi connectivity index (χ1) is 7.76. The van der Waals surface area contributed by atoms with Crippen LogP contribution in [0, 0.1) is 0 Å². The van der Waals surface area contributed by atoms with Crippen molar-refractivity contribution in [2.45, 2.75) is 26.3 Å². The van der Waals surface area contributed by atoms with Crippen LogP contribution >= 0.6 is 0 Å². The molecule has 4 heteroatoms. The quantitative estimate of drug-likeness (QED) is 0.538. The fourth-order valence-corrected chi connectivity index (χ4v) is 1.63. The van der Waals surface area contributed by atoms with Gasteiger partial charge in [0.15, 0.2) is 0 Å². The highest BCUT2D eigenvalue weighted by molar-refractivity contribution is 4.67. The summed E-state index contributed by atoms with van der Waals surface area (Å²) in [5.74, 6) is 0. The molecule has 0 aliphatic heterocycles. The largest absolute Gasteiger partial charge is 0.383 e. The van der Waals surface area contributed by atoms with E-state index in [0.717, 1.165) is 39.4 Å². The molecule has 0 rings (SSSR count). The Labute approximate surface area is 100 Å². The van der Waals surface area contributed by atoms with Crippen LogP contribution in [0.2, 0.25) is 0 Å². The van der Waals surface area contributed by atoms with Crippen LogP contribution in [0.15, 0.2) is 0 Å². The average molecular weight is 232 g/mol. The van der Waals surface area contributed by atoms with Crippen molar-refractivity contribution in [3.63, 3.8) is 0 Å². The molecule has 0 amide bonds. The van der Waals surface area contributed by atoms with E-state index in [1.807, 2.05) is 0 Å². The van der Waals surface area contributed by atoms with Gasteiger partial charge in [-0.15, -0.1) is 0 Å². The molecular formula is C12H28N2O2. The van der Waals surface area contributed by atoms with Gasteiger partial charge in [0.2, 0.25) is 0 Å². The van der Waals surface area contributed by atoms with Gasteiger partial charge in [0, 0.05) is 39.9 Å². The fourth-order valence-electron chi connectivity index (χ4n) is 1.63. The summed E-state index contributed by atoms with van der Waals surface area (Å²) >= 11 is 0. The Hall–Kier alpha value is -0.160. The van der Waals surface area contributed by atoms with Crippen molar-refractivity contribution in [3.8, 4) is 0 Å². The lowest BCUT2D eigenvalue weighted by Gasteiger charge is -2.28. The first kappa shape index (κ1) is 15.8. The van der Waals surface area contributed by atoms with E-state index < -0.39 is 0 Å². The molecule has 0 radical (unpaired) electrons. The zero-order valence-corrected chi connectivity index (χ0v) is 11.3. The van der Waals surface area contributed by atoms with E-state index in [9.17, 15) is 0 Å². The number of ether oxygens (including phenoxy) is 2. The summed E-state index contributed by atoms with van der Waals surface area (Å²) in [5.41, 5.74) is 0. The number of rotatable bonds is 11. The molecule has 0 saturated carbocycles. The third-order valence-electron chi connectivity index (χ3n) is 2.62. The van der Waals surface area contributed by atoms with Gasteiger partial charge in [0.05, 0.1) is 13.2 Å². The molecule has 0 aliphatic rings. The number of hydrogen-bond donors (Lipinski definition) is 1. The second-order valence-electron chi connectivity index (χ2n) is 4.08. The first-order valence-electron chi connectivity index (χ1n) is 6.18. The van der Waals surface area contributed by atoms with Gasteiger partial charge in [-0.1, -0.05) is 6.92 Å². The normalized spacial score (nSPS) is 13.3. The van der Waals surface area contributed by atoms with E-state index in [2.05, 4.69) is 24.1 Å². The van der Waals surface area contributed by atoms with Gasteiger partial charge in [-0.3, -0.25) is 4.90 Å². The highest BCUT2D eigenvalue weighted by Crippen LogP contribution is 1.98. The Morgan fingerprint density at radius 2 is 1.88 bits per heavy atom. The van der Waals surface area contributed by atoms with Gasteiger partial charge in [-0.25, -0.2) is 0 Å². The van der Waals surface area contributed by atoms with E-state index in [4.69, 9.17) is 9.47 Å².